The Morgan fingerprint density at radius 2 is 1.50 bits per heavy atom. The molecule has 0 bridgehead atoms. The van der Waals surface area contributed by atoms with Crippen molar-refractivity contribution < 1.29 is 0 Å². The van der Waals surface area contributed by atoms with Crippen molar-refractivity contribution in [3.63, 3.8) is 0 Å². The van der Waals surface area contributed by atoms with Crippen LogP contribution in [-0.2, 0) is 0 Å². The maximum Gasteiger partial charge on any atom is 0.254 e. The number of piperazine rings is 1. The second-order valence-electron chi connectivity index (χ2n) is 7.96. The standard InChI is InChI=1S/C24H26N6/c1-17-8-7-11-21(19(17)3)28-12-14-29(15-13-28)22-16-18(2)25-24-26-23(27-30(22)24)20-9-5-4-6-10-20/h4-11,16H,12-15H2,1-3H3. The molecular weight excluding hydrogens is 372 g/mol. The lowest BCUT2D eigenvalue weighted by molar-refractivity contribution is 0.637. The minimum absolute atomic E-state index is 0.654. The summed E-state index contributed by atoms with van der Waals surface area (Å²) >= 11 is 0. The van der Waals surface area contributed by atoms with Gasteiger partial charge in [0.05, 0.1) is 0 Å². The molecular formula is C24H26N6. The SMILES string of the molecule is Cc1cc(N2CCN(c3cccc(C)c3C)CC2)n2nc(-c3ccccc3)nc2n1. The summed E-state index contributed by atoms with van der Waals surface area (Å²) in [7, 11) is 0. The zero-order valence-corrected chi connectivity index (χ0v) is 17.7. The van der Waals surface area contributed by atoms with E-state index in [0.717, 1.165) is 43.3 Å². The monoisotopic (exact) mass is 398 g/mol. The summed E-state index contributed by atoms with van der Waals surface area (Å²) in [6, 6.07) is 18.8. The van der Waals surface area contributed by atoms with Gasteiger partial charge in [-0.3, -0.25) is 0 Å². The van der Waals surface area contributed by atoms with Gasteiger partial charge in [0, 0.05) is 49.2 Å². The lowest BCUT2D eigenvalue weighted by Gasteiger charge is -2.38. The van der Waals surface area contributed by atoms with Crippen molar-refractivity contribution in [1.82, 2.24) is 19.6 Å². The Labute approximate surface area is 176 Å². The molecule has 152 valence electrons. The van der Waals surface area contributed by atoms with Crippen LogP contribution in [0.15, 0.2) is 54.6 Å². The van der Waals surface area contributed by atoms with Gasteiger partial charge < -0.3 is 9.80 Å². The highest BCUT2D eigenvalue weighted by Crippen LogP contribution is 2.26. The third-order valence-electron chi connectivity index (χ3n) is 5.97. The van der Waals surface area contributed by atoms with Gasteiger partial charge in [-0.05, 0) is 38.0 Å². The van der Waals surface area contributed by atoms with Crippen LogP contribution in [0, 0.1) is 20.8 Å². The molecule has 5 rings (SSSR count). The maximum atomic E-state index is 4.79. The Bertz CT molecular complexity index is 1190. The molecule has 0 unspecified atom stereocenters. The Morgan fingerprint density at radius 3 is 2.27 bits per heavy atom. The van der Waals surface area contributed by atoms with Crippen LogP contribution >= 0.6 is 0 Å². The number of aryl methyl sites for hydroxylation is 2. The predicted molar refractivity (Wildman–Crippen MR) is 121 cm³/mol. The minimum Gasteiger partial charge on any atom is -0.368 e. The van der Waals surface area contributed by atoms with E-state index in [0.29, 0.717) is 11.6 Å². The van der Waals surface area contributed by atoms with Crippen LogP contribution in [0.2, 0.25) is 0 Å². The number of benzene rings is 2. The minimum atomic E-state index is 0.654. The van der Waals surface area contributed by atoms with Gasteiger partial charge in [0.25, 0.3) is 5.78 Å². The van der Waals surface area contributed by atoms with Crippen LogP contribution < -0.4 is 9.80 Å². The molecule has 2 aromatic heterocycles. The first-order chi connectivity index (χ1) is 14.6. The molecule has 1 saturated heterocycles. The maximum absolute atomic E-state index is 4.79. The van der Waals surface area contributed by atoms with E-state index in [1.807, 2.05) is 41.8 Å². The van der Waals surface area contributed by atoms with Crippen LogP contribution in [0.5, 0.6) is 0 Å². The molecule has 30 heavy (non-hydrogen) atoms. The van der Waals surface area contributed by atoms with E-state index in [1.54, 1.807) is 0 Å². The zero-order valence-electron chi connectivity index (χ0n) is 17.7. The molecule has 1 aliphatic heterocycles. The van der Waals surface area contributed by atoms with Gasteiger partial charge in [-0.2, -0.15) is 9.50 Å². The quantitative estimate of drug-likeness (QED) is 0.521. The first kappa shape index (κ1) is 18.6. The number of aromatic nitrogens is 4. The van der Waals surface area contributed by atoms with E-state index in [2.05, 4.69) is 57.9 Å². The van der Waals surface area contributed by atoms with Gasteiger partial charge in [0.2, 0.25) is 0 Å². The van der Waals surface area contributed by atoms with Crippen molar-refractivity contribution in [2.45, 2.75) is 20.8 Å². The summed E-state index contributed by atoms with van der Waals surface area (Å²) in [5.41, 5.74) is 6.03. The zero-order chi connectivity index (χ0) is 20.7. The highest BCUT2D eigenvalue weighted by Gasteiger charge is 2.22. The van der Waals surface area contributed by atoms with Crippen LogP contribution in [0.1, 0.15) is 16.8 Å². The van der Waals surface area contributed by atoms with Gasteiger partial charge in [-0.1, -0.05) is 42.5 Å². The summed E-state index contributed by atoms with van der Waals surface area (Å²) in [6.07, 6.45) is 0. The molecule has 0 atom stereocenters. The molecule has 0 spiro atoms. The van der Waals surface area contributed by atoms with E-state index in [-0.39, 0.29) is 0 Å². The third-order valence-corrected chi connectivity index (χ3v) is 5.97. The van der Waals surface area contributed by atoms with E-state index in [9.17, 15) is 0 Å². The normalized spacial score (nSPS) is 14.5. The van der Waals surface area contributed by atoms with Gasteiger partial charge >= 0.3 is 0 Å². The number of anilines is 2. The molecule has 6 nitrogen and oxygen atoms in total. The first-order valence-corrected chi connectivity index (χ1v) is 10.5. The largest absolute Gasteiger partial charge is 0.368 e. The molecule has 0 saturated carbocycles. The topological polar surface area (TPSA) is 49.6 Å². The second kappa shape index (κ2) is 7.44. The smallest absolute Gasteiger partial charge is 0.254 e. The van der Waals surface area contributed by atoms with Gasteiger partial charge in [-0.25, -0.2) is 4.98 Å². The summed E-state index contributed by atoms with van der Waals surface area (Å²) in [5, 5.41) is 4.79. The fraction of sp³-hybridized carbons (Fsp3) is 0.292. The van der Waals surface area contributed by atoms with Gasteiger partial charge in [0.15, 0.2) is 5.82 Å². The number of fused-ring (bicyclic) bond motifs is 1. The van der Waals surface area contributed by atoms with E-state index < -0.39 is 0 Å². The Kier molecular flexibility index (Phi) is 4.62. The molecule has 1 aliphatic rings. The molecule has 2 aromatic carbocycles. The molecule has 0 N–H and O–H groups in total. The van der Waals surface area contributed by atoms with E-state index >= 15 is 0 Å². The number of nitrogens with zero attached hydrogens (tertiary/aromatic N) is 6. The molecule has 0 amide bonds. The number of hydrogen-bond acceptors (Lipinski definition) is 5. The Hall–Kier alpha value is -3.41. The van der Waals surface area contributed by atoms with Crippen molar-refractivity contribution in [3.05, 3.63) is 71.4 Å². The molecule has 1 fully saturated rings. The van der Waals surface area contributed by atoms with Crippen molar-refractivity contribution in [1.29, 1.82) is 0 Å². The summed E-state index contributed by atoms with van der Waals surface area (Å²) in [4.78, 5) is 14.2. The van der Waals surface area contributed by atoms with Gasteiger partial charge in [0.1, 0.15) is 5.82 Å². The summed E-state index contributed by atoms with van der Waals surface area (Å²) < 4.78 is 1.89. The lowest BCUT2D eigenvalue weighted by Crippen LogP contribution is -2.47. The third kappa shape index (κ3) is 3.28. The van der Waals surface area contributed by atoms with Crippen molar-refractivity contribution in [2.75, 3.05) is 36.0 Å². The molecule has 4 aromatic rings. The van der Waals surface area contributed by atoms with Crippen molar-refractivity contribution in [3.8, 4) is 11.4 Å². The second-order valence-corrected chi connectivity index (χ2v) is 7.96. The molecule has 0 radical (unpaired) electrons. The molecule has 0 aliphatic carbocycles. The molecule has 6 heteroatoms. The average molecular weight is 399 g/mol. The van der Waals surface area contributed by atoms with Crippen LogP contribution in [0.3, 0.4) is 0 Å². The van der Waals surface area contributed by atoms with E-state index in [4.69, 9.17) is 5.10 Å². The fourth-order valence-corrected chi connectivity index (χ4v) is 4.16. The highest BCUT2D eigenvalue weighted by atomic mass is 15.4. The van der Waals surface area contributed by atoms with Crippen LogP contribution in [-0.4, -0.2) is 45.8 Å². The van der Waals surface area contributed by atoms with Crippen molar-refractivity contribution >= 4 is 17.3 Å². The average Bonchev–Trinajstić information content (AvgIpc) is 3.20. The van der Waals surface area contributed by atoms with Crippen LogP contribution in [0.25, 0.3) is 17.2 Å². The van der Waals surface area contributed by atoms with Gasteiger partial charge in [-0.15, -0.1) is 5.10 Å². The van der Waals surface area contributed by atoms with Crippen LogP contribution in [0.4, 0.5) is 11.5 Å². The lowest BCUT2D eigenvalue weighted by atomic mass is 10.1. The summed E-state index contributed by atoms with van der Waals surface area (Å²) in [5.74, 6) is 2.43. The fourth-order valence-electron chi connectivity index (χ4n) is 4.16. The molecule has 3 heterocycles. The van der Waals surface area contributed by atoms with E-state index in [1.165, 1.54) is 16.8 Å². The summed E-state index contributed by atoms with van der Waals surface area (Å²) in [6.45, 7) is 10.3. The first-order valence-electron chi connectivity index (χ1n) is 10.5. The Morgan fingerprint density at radius 1 is 0.767 bits per heavy atom. The van der Waals surface area contributed by atoms with Crippen molar-refractivity contribution in [2.24, 2.45) is 0 Å². The number of hydrogen-bond donors (Lipinski definition) is 0. The highest BCUT2D eigenvalue weighted by molar-refractivity contribution is 5.60. The predicted octanol–water partition coefficient (Wildman–Crippen LogP) is 4.04. The number of rotatable bonds is 3. The Balaban J connectivity index is 1.44.